The van der Waals surface area contributed by atoms with Crippen molar-refractivity contribution in [2.24, 2.45) is 0 Å². The molecule has 0 aliphatic carbocycles. The smallest absolute Gasteiger partial charge is 0.277 e. The summed E-state index contributed by atoms with van der Waals surface area (Å²) in [7, 11) is 0. The van der Waals surface area contributed by atoms with Crippen LogP contribution in [0.2, 0.25) is 0 Å². The van der Waals surface area contributed by atoms with Crippen LogP contribution in [0.25, 0.3) is 0 Å². The molecule has 0 aliphatic rings. The lowest BCUT2D eigenvalue weighted by Gasteiger charge is -2.01. The summed E-state index contributed by atoms with van der Waals surface area (Å²) in [5, 5.41) is 0. The summed E-state index contributed by atoms with van der Waals surface area (Å²) in [4.78, 5) is 11.9. The number of carbonyl (C=O) groups excluding carboxylic acids is 1. The third-order valence-electron chi connectivity index (χ3n) is 0.223. The first-order valence-corrected chi connectivity index (χ1v) is 1.50. The SMILES string of the molecule is O=CNOC(F)(F)F. The highest BCUT2D eigenvalue weighted by atomic mass is 19.4. The van der Waals surface area contributed by atoms with E-state index in [9.17, 15) is 13.2 Å². The Bertz CT molecular complexity index is 79.8. The maximum atomic E-state index is 10.8. The summed E-state index contributed by atoms with van der Waals surface area (Å²) in [5.74, 6) is 0. The van der Waals surface area contributed by atoms with Crippen LogP contribution < -0.4 is 5.48 Å². The van der Waals surface area contributed by atoms with Gasteiger partial charge in [0, 0.05) is 0 Å². The molecule has 0 saturated heterocycles. The van der Waals surface area contributed by atoms with E-state index in [2.05, 4.69) is 4.84 Å². The van der Waals surface area contributed by atoms with Crippen LogP contribution in [0.3, 0.4) is 0 Å². The monoisotopic (exact) mass is 129 g/mol. The van der Waals surface area contributed by atoms with E-state index in [1.807, 2.05) is 0 Å². The second kappa shape index (κ2) is 2.51. The van der Waals surface area contributed by atoms with Crippen molar-refractivity contribution in [3.8, 4) is 0 Å². The number of hydrogen-bond acceptors (Lipinski definition) is 2. The third-order valence-corrected chi connectivity index (χ3v) is 0.223. The summed E-state index contributed by atoms with van der Waals surface area (Å²) in [6.45, 7) is 0. The molecule has 0 aromatic heterocycles. The van der Waals surface area contributed by atoms with Gasteiger partial charge in [0.05, 0.1) is 0 Å². The molecule has 8 heavy (non-hydrogen) atoms. The Labute approximate surface area is 42.4 Å². The average Bonchev–Trinajstić information content (AvgIpc) is 1.59. The van der Waals surface area contributed by atoms with Gasteiger partial charge in [0.15, 0.2) is 0 Å². The van der Waals surface area contributed by atoms with Crippen LogP contribution in [-0.2, 0) is 9.63 Å². The fourth-order valence-electron chi connectivity index (χ4n) is 0.0909. The van der Waals surface area contributed by atoms with Crippen LogP contribution >= 0.6 is 0 Å². The van der Waals surface area contributed by atoms with Gasteiger partial charge < -0.3 is 0 Å². The highest BCUT2D eigenvalue weighted by Crippen LogP contribution is 2.13. The van der Waals surface area contributed by atoms with Gasteiger partial charge in [-0.1, -0.05) is 0 Å². The van der Waals surface area contributed by atoms with E-state index in [4.69, 9.17) is 4.79 Å². The molecule has 1 amide bonds. The molecule has 3 nitrogen and oxygen atoms in total. The van der Waals surface area contributed by atoms with E-state index in [0.717, 1.165) is 5.48 Å². The summed E-state index contributed by atoms with van der Waals surface area (Å²) >= 11 is 0. The summed E-state index contributed by atoms with van der Waals surface area (Å²) < 4.78 is 32.4. The number of alkyl halides is 3. The molecule has 0 saturated carbocycles. The minimum absolute atomic E-state index is 0.215. The van der Waals surface area contributed by atoms with Crippen molar-refractivity contribution < 1.29 is 22.8 Å². The normalized spacial score (nSPS) is 10.9. The molecule has 0 atom stereocenters. The van der Waals surface area contributed by atoms with Crippen LogP contribution in [0.1, 0.15) is 0 Å². The number of carbonyl (C=O) groups is 1. The van der Waals surface area contributed by atoms with Crippen molar-refractivity contribution in [2.45, 2.75) is 6.36 Å². The highest BCUT2D eigenvalue weighted by molar-refractivity contribution is 5.43. The van der Waals surface area contributed by atoms with Gasteiger partial charge in [-0.25, -0.2) is 5.48 Å². The first-order valence-electron chi connectivity index (χ1n) is 1.50. The van der Waals surface area contributed by atoms with Gasteiger partial charge in [0.2, 0.25) is 6.41 Å². The maximum absolute atomic E-state index is 10.8. The van der Waals surface area contributed by atoms with Crippen molar-refractivity contribution in [2.75, 3.05) is 0 Å². The summed E-state index contributed by atoms with van der Waals surface area (Å²) in [5.41, 5.74) is 0.983. The van der Waals surface area contributed by atoms with Crippen molar-refractivity contribution in [1.29, 1.82) is 0 Å². The predicted octanol–water partition coefficient (Wildman–Crippen LogP) is 0.184. The summed E-state index contributed by atoms with van der Waals surface area (Å²) in [6, 6.07) is 0. The Morgan fingerprint density at radius 3 is 2.12 bits per heavy atom. The maximum Gasteiger partial charge on any atom is 0.543 e. The van der Waals surface area contributed by atoms with E-state index in [1.165, 1.54) is 0 Å². The lowest BCUT2D eigenvalue weighted by Crippen LogP contribution is -2.24. The van der Waals surface area contributed by atoms with Crippen LogP contribution in [0.4, 0.5) is 13.2 Å². The zero-order valence-electron chi connectivity index (χ0n) is 3.53. The molecule has 0 bridgehead atoms. The number of hydrogen-bond donors (Lipinski definition) is 1. The average molecular weight is 129 g/mol. The molecule has 0 heterocycles. The number of halogens is 3. The van der Waals surface area contributed by atoms with Gasteiger partial charge in [-0.3, -0.25) is 4.79 Å². The molecule has 0 radical (unpaired) electrons. The molecule has 6 heteroatoms. The topological polar surface area (TPSA) is 38.3 Å². The largest absolute Gasteiger partial charge is 0.543 e. The minimum atomic E-state index is -4.79. The van der Waals surface area contributed by atoms with Crippen molar-refractivity contribution >= 4 is 6.41 Å². The molecule has 0 fully saturated rings. The molecular weight excluding hydrogens is 127 g/mol. The Balaban J connectivity index is 3.24. The van der Waals surface area contributed by atoms with E-state index in [0.29, 0.717) is 0 Å². The summed E-state index contributed by atoms with van der Waals surface area (Å²) in [6.07, 6.45) is -5.01. The minimum Gasteiger partial charge on any atom is -0.277 e. The first kappa shape index (κ1) is 7.22. The van der Waals surface area contributed by atoms with Gasteiger partial charge in [-0.15, -0.1) is 13.2 Å². The Morgan fingerprint density at radius 2 is 2.00 bits per heavy atom. The molecular formula is C2H2F3NO2. The zero-order chi connectivity index (χ0) is 6.62. The van der Waals surface area contributed by atoms with Crippen LogP contribution in [0.15, 0.2) is 0 Å². The lowest BCUT2D eigenvalue weighted by molar-refractivity contribution is -0.344. The third kappa shape index (κ3) is 5.22. The Kier molecular flexibility index (Phi) is 2.26. The van der Waals surface area contributed by atoms with Crippen LogP contribution in [-0.4, -0.2) is 12.8 Å². The molecule has 0 rings (SSSR count). The van der Waals surface area contributed by atoms with Crippen LogP contribution in [0, 0.1) is 0 Å². The van der Waals surface area contributed by atoms with E-state index >= 15 is 0 Å². The molecule has 0 aliphatic heterocycles. The van der Waals surface area contributed by atoms with E-state index in [-0.39, 0.29) is 6.41 Å². The predicted molar refractivity (Wildman–Crippen MR) is 16.3 cm³/mol. The first-order chi connectivity index (χ1) is 3.56. The van der Waals surface area contributed by atoms with E-state index < -0.39 is 6.36 Å². The number of rotatable bonds is 2. The van der Waals surface area contributed by atoms with Gasteiger partial charge in [-0.05, 0) is 0 Å². The number of nitrogens with one attached hydrogen (secondary N) is 1. The second-order valence-electron chi connectivity index (χ2n) is 0.784. The molecule has 48 valence electrons. The number of hydroxylamine groups is 1. The van der Waals surface area contributed by atoms with Gasteiger partial charge >= 0.3 is 6.36 Å². The van der Waals surface area contributed by atoms with Crippen molar-refractivity contribution in [3.63, 3.8) is 0 Å². The Hall–Kier alpha value is -0.780. The fourth-order valence-corrected chi connectivity index (χ4v) is 0.0909. The fraction of sp³-hybridized carbons (Fsp3) is 0.500. The highest BCUT2D eigenvalue weighted by Gasteiger charge is 2.29. The number of amides is 1. The molecule has 0 aromatic carbocycles. The zero-order valence-corrected chi connectivity index (χ0v) is 3.53. The Morgan fingerprint density at radius 1 is 1.50 bits per heavy atom. The van der Waals surface area contributed by atoms with Gasteiger partial charge in [0.25, 0.3) is 0 Å². The van der Waals surface area contributed by atoms with Gasteiger partial charge in [-0.2, -0.15) is 4.84 Å². The van der Waals surface area contributed by atoms with E-state index in [1.54, 1.807) is 0 Å². The van der Waals surface area contributed by atoms with Gasteiger partial charge in [0.1, 0.15) is 0 Å². The van der Waals surface area contributed by atoms with Crippen molar-refractivity contribution in [3.05, 3.63) is 0 Å². The standard InChI is InChI=1S/C2H2F3NO2/c3-2(4,5)8-6-1-7/h1H,(H,6,7). The quantitative estimate of drug-likeness (QED) is 0.426. The second-order valence-corrected chi connectivity index (χ2v) is 0.784. The molecule has 0 spiro atoms. The molecule has 0 unspecified atom stereocenters. The molecule has 1 N–H and O–H groups in total. The lowest BCUT2D eigenvalue weighted by atomic mass is 11.3. The molecule has 0 aromatic rings. The van der Waals surface area contributed by atoms with Crippen molar-refractivity contribution in [1.82, 2.24) is 5.48 Å². The van der Waals surface area contributed by atoms with Crippen LogP contribution in [0.5, 0.6) is 0 Å².